The molecule has 0 aliphatic heterocycles. The quantitative estimate of drug-likeness (QED) is 0.307. The summed E-state index contributed by atoms with van der Waals surface area (Å²) in [6.45, 7) is 3.74. The van der Waals surface area contributed by atoms with E-state index in [0.717, 1.165) is 10.7 Å². The standard InChI is InChI=1S/C23H21BrClF3N6O3S/c1-11(2)30-20(35)14-8-13(24)7-12(3)18(14)31-22(38)32-21(36)16-9-17(37-10-23(26,27)28)33-34(16)19-15(25)5-4-6-29-19/h4-9,11H,10H2,1-3H3,(H,30,35)(H2,31,32,36,38). The smallest absolute Gasteiger partial charge is 0.422 e. The number of amides is 2. The van der Waals surface area contributed by atoms with Gasteiger partial charge in [-0.05, 0) is 62.8 Å². The van der Waals surface area contributed by atoms with Crippen LogP contribution in [0, 0.1) is 6.92 Å². The van der Waals surface area contributed by atoms with Crippen LogP contribution in [-0.4, -0.2) is 50.5 Å². The molecule has 0 spiro atoms. The number of rotatable bonds is 7. The number of pyridine rings is 1. The predicted octanol–water partition coefficient (Wildman–Crippen LogP) is 5.20. The van der Waals surface area contributed by atoms with Crippen LogP contribution < -0.4 is 20.7 Å². The Bertz CT molecular complexity index is 1380. The number of ether oxygens (including phenoxy) is 1. The van der Waals surface area contributed by atoms with Gasteiger partial charge in [0.05, 0.1) is 16.3 Å². The van der Waals surface area contributed by atoms with Crippen LogP contribution in [0.4, 0.5) is 18.9 Å². The van der Waals surface area contributed by atoms with Gasteiger partial charge in [0.2, 0.25) is 5.88 Å². The lowest BCUT2D eigenvalue weighted by atomic mass is 10.1. The first-order valence-corrected chi connectivity index (χ1v) is 12.5. The van der Waals surface area contributed by atoms with Crippen molar-refractivity contribution in [1.29, 1.82) is 0 Å². The van der Waals surface area contributed by atoms with Crippen LogP contribution in [0.2, 0.25) is 5.02 Å². The summed E-state index contributed by atoms with van der Waals surface area (Å²) in [5.41, 5.74) is 1.03. The number of carbonyl (C=O) groups excluding carboxylic acids is 2. The molecule has 0 aliphatic rings. The van der Waals surface area contributed by atoms with Crippen molar-refractivity contribution in [3.8, 4) is 11.7 Å². The largest absolute Gasteiger partial charge is 0.467 e. The van der Waals surface area contributed by atoms with Crippen molar-refractivity contribution in [2.75, 3.05) is 11.9 Å². The highest BCUT2D eigenvalue weighted by atomic mass is 79.9. The van der Waals surface area contributed by atoms with Gasteiger partial charge in [-0.15, -0.1) is 5.10 Å². The van der Waals surface area contributed by atoms with E-state index in [2.05, 4.69) is 42.0 Å². The summed E-state index contributed by atoms with van der Waals surface area (Å²) in [5.74, 6) is -1.71. The van der Waals surface area contributed by atoms with Crippen molar-refractivity contribution in [1.82, 2.24) is 25.4 Å². The Kier molecular flexibility index (Phi) is 9.33. The van der Waals surface area contributed by atoms with E-state index in [0.29, 0.717) is 15.7 Å². The Hall–Kier alpha value is -3.23. The molecule has 0 saturated carbocycles. The van der Waals surface area contributed by atoms with Crippen LogP contribution in [0.25, 0.3) is 5.82 Å². The Morgan fingerprint density at radius 1 is 1.24 bits per heavy atom. The lowest BCUT2D eigenvalue weighted by Gasteiger charge is -2.17. The molecule has 0 aliphatic carbocycles. The third kappa shape index (κ3) is 7.65. The van der Waals surface area contributed by atoms with Crippen LogP contribution in [0.1, 0.15) is 40.3 Å². The number of nitrogens with zero attached hydrogens (tertiary/aromatic N) is 3. The number of benzene rings is 1. The summed E-state index contributed by atoms with van der Waals surface area (Å²) in [7, 11) is 0. The van der Waals surface area contributed by atoms with E-state index in [9.17, 15) is 22.8 Å². The van der Waals surface area contributed by atoms with E-state index in [-0.39, 0.29) is 39.2 Å². The minimum Gasteiger partial charge on any atom is -0.467 e. The molecule has 202 valence electrons. The maximum atomic E-state index is 13.1. The van der Waals surface area contributed by atoms with Gasteiger partial charge in [-0.25, -0.2) is 9.67 Å². The van der Waals surface area contributed by atoms with Gasteiger partial charge in [0.1, 0.15) is 5.69 Å². The molecule has 2 heterocycles. The number of alkyl halides is 3. The van der Waals surface area contributed by atoms with Gasteiger partial charge in [-0.2, -0.15) is 13.2 Å². The van der Waals surface area contributed by atoms with Crippen molar-refractivity contribution in [2.24, 2.45) is 0 Å². The molecule has 3 N–H and O–H groups in total. The molecule has 0 bridgehead atoms. The second-order valence-corrected chi connectivity index (χ2v) is 9.91. The molecule has 9 nitrogen and oxygen atoms in total. The number of carbonyl (C=O) groups is 2. The minimum absolute atomic E-state index is 0.0172. The molecule has 2 amide bonds. The lowest BCUT2D eigenvalue weighted by Crippen LogP contribution is -2.37. The summed E-state index contributed by atoms with van der Waals surface area (Å²) >= 11 is 14.8. The van der Waals surface area contributed by atoms with E-state index in [4.69, 9.17) is 28.6 Å². The van der Waals surface area contributed by atoms with Crippen molar-refractivity contribution >= 4 is 62.4 Å². The zero-order valence-electron chi connectivity index (χ0n) is 20.1. The monoisotopic (exact) mass is 632 g/mol. The highest BCUT2D eigenvalue weighted by molar-refractivity contribution is 9.10. The van der Waals surface area contributed by atoms with Crippen molar-refractivity contribution in [3.63, 3.8) is 0 Å². The zero-order valence-corrected chi connectivity index (χ0v) is 23.3. The maximum Gasteiger partial charge on any atom is 0.422 e. The van der Waals surface area contributed by atoms with Crippen LogP contribution in [0.5, 0.6) is 5.88 Å². The molecule has 0 saturated heterocycles. The van der Waals surface area contributed by atoms with E-state index in [1.165, 1.54) is 18.3 Å². The molecule has 0 fully saturated rings. The highest BCUT2D eigenvalue weighted by Crippen LogP contribution is 2.27. The molecule has 2 aromatic heterocycles. The number of hydrogen-bond acceptors (Lipinski definition) is 6. The Morgan fingerprint density at radius 3 is 2.58 bits per heavy atom. The SMILES string of the molecule is Cc1cc(Br)cc(C(=O)NC(C)C)c1NC(=S)NC(=O)c1cc(OCC(F)(F)F)nn1-c1ncccc1Cl. The van der Waals surface area contributed by atoms with Gasteiger partial charge < -0.3 is 15.4 Å². The molecule has 0 atom stereocenters. The molecule has 38 heavy (non-hydrogen) atoms. The first kappa shape index (κ1) is 29.3. The van der Waals surface area contributed by atoms with Crippen molar-refractivity contribution in [2.45, 2.75) is 33.0 Å². The first-order valence-electron chi connectivity index (χ1n) is 10.9. The first-order chi connectivity index (χ1) is 17.7. The predicted molar refractivity (Wildman–Crippen MR) is 143 cm³/mol. The van der Waals surface area contributed by atoms with Crippen molar-refractivity contribution in [3.05, 3.63) is 62.8 Å². The molecule has 3 rings (SSSR count). The van der Waals surface area contributed by atoms with Crippen LogP contribution in [0.3, 0.4) is 0 Å². The second kappa shape index (κ2) is 12.1. The van der Waals surface area contributed by atoms with E-state index < -0.39 is 24.6 Å². The summed E-state index contributed by atoms with van der Waals surface area (Å²) in [6.07, 6.45) is -3.25. The van der Waals surface area contributed by atoms with Gasteiger partial charge in [0, 0.05) is 22.8 Å². The molecular formula is C23H21BrClF3N6O3S. The highest BCUT2D eigenvalue weighted by Gasteiger charge is 2.30. The average molecular weight is 634 g/mol. The van der Waals surface area contributed by atoms with Gasteiger partial charge in [-0.3, -0.25) is 14.9 Å². The average Bonchev–Trinajstić information content (AvgIpc) is 3.23. The van der Waals surface area contributed by atoms with Crippen LogP contribution in [-0.2, 0) is 0 Å². The van der Waals surface area contributed by atoms with Gasteiger partial charge in [0.15, 0.2) is 17.5 Å². The number of halogens is 5. The van der Waals surface area contributed by atoms with Crippen LogP contribution in [0.15, 0.2) is 41.0 Å². The minimum atomic E-state index is -4.62. The van der Waals surface area contributed by atoms with Crippen LogP contribution >= 0.6 is 39.7 Å². The fraction of sp³-hybridized carbons (Fsp3) is 0.261. The molecule has 0 radical (unpaired) electrons. The van der Waals surface area contributed by atoms with Gasteiger partial charge >= 0.3 is 6.18 Å². The third-order valence-corrected chi connectivity index (χ3v) is 5.63. The topological polar surface area (TPSA) is 110 Å². The molecule has 1 aromatic carbocycles. The summed E-state index contributed by atoms with van der Waals surface area (Å²) < 4.78 is 44.3. The fourth-order valence-electron chi connectivity index (χ4n) is 3.18. The summed E-state index contributed by atoms with van der Waals surface area (Å²) in [6, 6.07) is 7.22. The van der Waals surface area contributed by atoms with Crippen molar-refractivity contribution < 1.29 is 27.5 Å². The molecule has 3 aromatic rings. The Balaban J connectivity index is 1.89. The van der Waals surface area contributed by atoms with Gasteiger partial charge in [-0.1, -0.05) is 27.5 Å². The number of aryl methyl sites for hydroxylation is 1. The molecule has 0 unspecified atom stereocenters. The Labute approximate surface area is 234 Å². The summed E-state index contributed by atoms with van der Waals surface area (Å²) in [5, 5.41) is 11.9. The molecular weight excluding hydrogens is 613 g/mol. The normalized spacial score (nSPS) is 11.3. The fourth-order valence-corrected chi connectivity index (χ4v) is 4.15. The number of aromatic nitrogens is 3. The molecule has 15 heteroatoms. The number of anilines is 1. The zero-order chi connectivity index (χ0) is 28.2. The van der Waals surface area contributed by atoms with E-state index >= 15 is 0 Å². The number of thiocarbonyl (C=S) groups is 1. The third-order valence-electron chi connectivity index (χ3n) is 4.67. The second-order valence-electron chi connectivity index (χ2n) is 8.17. The Morgan fingerprint density at radius 2 is 1.95 bits per heavy atom. The number of nitrogens with one attached hydrogen (secondary N) is 3. The number of hydrogen-bond donors (Lipinski definition) is 3. The lowest BCUT2D eigenvalue weighted by molar-refractivity contribution is -0.154. The summed E-state index contributed by atoms with van der Waals surface area (Å²) in [4.78, 5) is 29.9. The maximum absolute atomic E-state index is 13.1. The van der Waals surface area contributed by atoms with E-state index in [1.807, 2.05) is 13.8 Å². The van der Waals surface area contributed by atoms with Gasteiger partial charge in [0.25, 0.3) is 11.8 Å². The van der Waals surface area contributed by atoms with E-state index in [1.54, 1.807) is 19.1 Å².